The molecule has 2 atom stereocenters. The van der Waals surface area contributed by atoms with Gasteiger partial charge in [-0.1, -0.05) is 58.3 Å². The molecule has 0 bridgehead atoms. The molecule has 0 aromatic carbocycles. The molecule has 150 valence electrons. The number of unbranched alkanes of at least 4 members (excludes halogenated alkanes) is 7. The van der Waals surface area contributed by atoms with Gasteiger partial charge in [-0.3, -0.25) is 0 Å². The number of carboxylic acid groups (broad SMARTS) is 1. The highest BCUT2D eigenvalue weighted by Crippen LogP contribution is 2.41. The third-order valence-corrected chi connectivity index (χ3v) is 5.74. The first kappa shape index (κ1) is 22.9. The van der Waals surface area contributed by atoms with Crippen LogP contribution in [0.3, 0.4) is 0 Å². The lowest BCUT2D eigenvalue weighted by molar-refractivity contribution is -0.205. The molecule has 1 aliphatic carbocycles. The Labute approximate surface area is 157 Å². The zero-order valence-electron chi connectivity index (χ0n) is 16.2. The number of carboxylic acids is 1. The van der Waals surface area contributed by atoms with Crippen molar-refractivity contribution in [1.29, 1.82) is 0 Å². The molecule has 0 heterocycles. The van der Waals surface area contributed by atoms with Crippen molar-refractivity contribution in [3.05, 3.63) is 5.57 Å². The van der Waals surface area contributed by atoms with Crippen molar-refractivity contribution in [2.75, 3.05) is 0 Å². The first-order valence-corrected chi connectivity index (χ1v) is 10.3. The van der Waals surface area contributed by atoms with E-state index in [1.54, 1.807) is 0 Å². The number of rotatable bonds is 14. The van der Waals surface area contributed by atoms with Crippen LogP contribution < -0.4 is 0 Å². The number of aliphatic hydroxyl groups is 2. The zero-order chi connectivity index (χ0) is 19.4. The Morgan fingerprint density at radius 1 is 1.04 bits per heavy atom. The van der Waals surface area contributed by atoms with E-state index in [2.05, 4.69) is 12.9 Å². The van der Waals surface area contributed by atoms with E-state index in [9.17, 15) is 19.8 Å². The Hall–Kier alpha value is -1.16. The predicted octanol–water partition coefficient (Wildman–Crippen LogP) is 4.24. The van der Waals surface area contributed by atoms with Crippen molar-refractivity contribution in [1.82, 2.24) is 0 Å². The minimum absolute atomic E-state index is 0.162. The molecule has 5 heteroatoms. The summed E-state index contributed by atoms with van der Waals surface area (Å²) in [6.07, 6.45) is 13.6. The zero-order valence-corrected chi connectivity index (χ0v) is 16.2. The molecule has 0 unspecified atom stereocenters. The average Bonchev–Trinajstić information content (AvgIpc) is 2.99. The van der Waals surface area contributed by atoms with Crippen LogP contribution >= 0.6 is 0 Å². The number of carbonyl (C=O) groups excluding carboxylic acids is 1. The lowest BCUT2D eigenvalue weighted by Gasteiger charge is -2.20. The van der Waals surface area contributed by atoms with Gasteiger partial charge in [0.15, 0.2) is 0 Å². The molecular formula is C21H36O5. The number of hydrogen-bond acceptors (Lipinski definition) is 4. The molecule has 1 rings (SSSR count). The molecule has 0 aromatic rings. The van der Waals surface area contributed by atoms with Crippen LogP contribution in [0.1, 0.15) is 96.8 Å². The van der Waals surface area contributed by atoms with Gasteiger partial charge in [0.05, 0.1) is 0 Å². The Morgan fingerprint density at radius 3 is 2.31 bits per heavy atom. The van der Waals surface area contributed by atoms with Crippen LogP contribution in [0.25, 0.3) is 0 Å². The molecule has 0 aliphatic heterocycles. The first-order valence-electron chi connectivity index (χ1n) is 10.3. The van der Waals surface area contributed by atoms with Crippen LogP contribution in [-0.4, -0.2) is 33.0 Å². The molecule has 26 heavy (non-hydrogen) atoms. The molecule has 1 fully saturated rings. The van der Waals surface area contributed by atoms with Crippen LogP contribution in [0, 0.1) is 11.8 Å². The Bertz CT molecular complexity index is 465. The third-order valence-electron chi connectivity index (χ3n) is 5.74. The molecule has 0 aromatic heterocycles. The second-order valence-electron chi connectivity index (χ2n) is 7.81. The van der Waals surface area contributed by atoms with Crippen LogP contribution in [0.5, 0.6) is 0 Å². The van der Waals surface area contributed by atoms with Gasteiger partial charge >= 0.3 is 5.97 Å². The van der Waals surface area contributed by atoms with E-state index in [0.29, 0.717) is 18.3 Å². The van der Waals surface area contributed by atoms with Gasteiger partial charge < -0.3 is 15.3 Å². The van der Waals surface area contributed by atoms with E-state index < -0.39 is 11.8 Å². The maximum Gasteiger partial charge on any atom is 0.364 e. The van der Waals surface area contributed by atoms with Crippen LogP contribution in [-0.2, 0) is 9.59 Å². The van der Waals surface area contributed by atoms with Crippen molar-refractivity contribution in [3.8, 4) is 0 Å². The topological polar surface area (TPSA) is 94.8 Å². The summed E-state index contributed by atoms with van der Waals surface area (Å²) in [5.41, 5.74) is 0.921. The fraction of sp³-hybridized carbons (Fsp3) is 0.857. The second-order valence-corrected chi connectivity index (χ2v) is 7.81. The maximum atomic E-state index is 11.2. The Morgan fingerprint density at radius 2 is 1.65 bits per heavy atom. The van der Waals surface area contributed by atoms with E-state index >= 15 is 0 Å². The van der Waals surface area contributed by atoms with Crippen LogP contribution in [0.2, 0.25) is 0 Å². The average molecular weight is 369 g/mol. The number of allylic oxidation sites excluding steroid dienone is 1. The minimum Gasteiger partial charge on any atom is -0.477 e. The van der Waals surface area contributed by atoms with E-state index in [1.165, 1.54) is 44.9 Å². The van der Waals surface area contributed by atoms with Gasteiger partial charge in [-0.25, -0.2) is 9.59 Å². The molecule has 0 radical (unpaired) electrons. The molecule has 0 saturated heterocycles. The van der Waals surface area contributed by atoms with E-state index in [-0.39, 0.29) is 6.42 Å². The second kappa shape index (κ2) is 12.3. The smallest absolute Gasteiger partial charge is 0.364 e. The lowest BCUT2D eigenvalue weighted by atomic mass is 9.85. The lowest BCUT2D eigenvalue weighted by Crippen LogP contribution is -2.37. The van der Waals surface area contributed by atoms with Gasteiger partial charge in [0.25, 0.3) is 5.79 Å². The highest BCUT2D eigenvalue weighted by atomic mass is 16.5. The van der Waals surface area contributed by atoms with Gasteiger partial charge in [-0.15, -0.1) is 0 Å². The SMILES string of the molecule is CCCCCCCC[C@H]1CCC(=C=O)[C@H]1CCCCCC(O)(O)C(=O)O. The van der Waals surface area contributed by atoms with Gasteiger partial charge in [-0.05, 0) is 43.9 Å². The summed E-state index contributed by atoms with van der Waals surface area (Å²) >= 11 is 0. The highest BCUT2D eigenvalue weighted by molar-refractivity contribution is 5.74. The van der Waals surface area contributed by atoms with Gasteiger partial charge in [0.2, 0.25) is 0 Å². The fourth-order valence-corrected chi connectivity index (χ4v) is 4.10. The molecular weight excluding hydrogens is 332 g/mol. The van der Waals surface area contributed by atoms with E-state index in [4.69, 9.17) is 5.11 Å². The number of aliphatic carboxylic acids is 1. The summed E-state index contributed by atoms with van der Waals surface area (Å²) in [6, 6.07) is 0. The molecule has 0 amide bonds. The third kappa shape index (κ3) is 8.03. The molecule has 5 nitrogen and oxygen atoms in total. The van der Waals surface area contributed by atoms with Gasteiger partial charge in [-0.2, -0.15) is 0 Å². The predicted molar refractivity (Wildman–Crippen MR) is 101 cm³/mol. The summed E-state index contributed by atoms with van der Waals surface area (Å²) in [7, 11) is 0. The van der Waals surface area contributed by atoms with Gasteiger partial charge in [0, 0.05) is 12.0 Å². The normalized spacial score (nSPS) is 20.3. The van der Waals surface area contributed by atoms with Crippen molar-refractivity contribution in [2.45, 2.75) is 103 Å². The highest BCUT2D eigenvalue weighted by Gasteiger charge is 2.33. The fourth-order valence-electron chi connectivity index (χ4n) is 4.10. The minimum atomic E-state index is -2.62. The Balaban J connectivity index is 2.29. The van der Waals surface area contributed by atoms with E-state index in [0.717, 1.165) is 37.7 Å². The Kier molecular flexibility index (Phi) is 10.8. The van der Waals surface area contributed by atoms with Crippen LogP contribution in [0.15, 0.2) is 5.57 Å². The van der Waals surface area contributed by atoms with Gasteiger partial charge in [0.1, 0.15) is 5.94 Å². The van der Waals surface area contributed by atoms with Crippen molar-refractivity contribution >= 4 is 11.9 Å². The summed E-state index contributed by atoms with van der Waals surface area (Å²) in [5.74, 6) is -1.18. The maximum absolute atomic E-state index is 11.2. The van der Waals surface area contributed by atoms with Crippen LogP contribution in [0.4, 0.5) is 0 Å². The molecule has 0 spiro atoms. The monoisotopic (exact) mass is 368 g/mol. The largest absolute Gasteiger partial charge is 0.477 e. The van der Waals surface area contributed by atoms with Crippen molar-refractivity contribution in [3.63, 3.8) is 0 Å². The van der Waals surface area contributed by atoms with Crippen molar-refractivity contribution in [2.24, 2.45) is 11.8 Å². The standard InChI is InChI=1S/C21H36O5/c1-2-3-4-5-6-8-11-17-13-14-18(16-22)19(17)12-9-7-10-15-21(25,26)20(23)24/h17,19,25-26H,2-15H2,1H3,(H,23,24)/t17-,19-/m0/s1. The first-order chi connectivity index (χ1) is 12.4. The van der Waals surface area contributed by atoms with E-state index in [1.807, 2.05) is 0 Å². The summed E-state index contributed by atoms with van der Waals surface area (Å²) in [6.45, 7) is 2.22. The van der Waals surface area contributed by atoms with Crippen molar-refractivity contribution < 1.29 is 24.9 Å². The summed E-state index contributed by atoms with van der Waals surface area (Å²) in [5, 5.41) is 27.3. The number of carbonyl (C=O) groups is 1. The summed E-state index contributed by atoms with van der Waals surface area (Å²) < 4.78 is 0. The quantitative estimate of drug-likeness (QED) is 0.242. The molecule has 1 aliphatic rings. The molecule has 1 saturated carbocycles. The number of hydrogen-bond donors (Lipinski definition) is 3. The summed E-state index contributed by atoms with van der Waals surface area (Å²) in [4.78, 5) is 21.9. The molecule has 3 N–H and O–H groups in total.